The molecule has 0 radical (unpaired) electrons. The fraction of sp³-hybridized carbons (Fsp3) is 0.385. The van der Waals surface area contributed by atoms with Crippen LogP contribution in [0.4, 0.5) is 8.78 Å². The van der Waals surface area contributed by atoms with Crippen LogP contribution in [-0.4, -0.2) is 25.0 Å². The smallest absolute Gasteiger partial charge is 0.165 e. The Morgan fingerprint density at radius 1 is 1.35 bits per heavy atom. The van der Waals surface area contributed by atoms with Crippen molar-refractivity contribution in [2.24, 2.45) is 0 Å². The maximum Gasteiger partial charge on any atom is 0.165 e. The molecule has 0 aromatic heterocycles. The summed E-state index contributed by atoms with van der Waals surface area (Å²) < 4.78 is 30.2. The van der Waals surface area contributed by atoms with E-state index in [1.165, 1.54) is 18.2 Å². The van der Waals surface area contributed by atoms with Crippen molar-refractivity contribution in [1.29, 1.82) is 0 Å². The molecule has 17 heavy (non-hydrogen) atoms. The van der Waals surface area contributed by atoms with Crippen LogP contribution in [0.5, 0.6) is 5.75 Å². The molecule has 0 unspecified atom stereocenters. The summed E-state index contributed by atoms with van der Waals surface area (Å²) in [4.78, 5) is 0. The van der Waals surface area contributed by atoms with Crippen LogP contribution in [0.25, 0.3) is 0 Å². The number of aliphatic hydroxyl groups is 1. The van der Waals surface area contributed by atoms with E-state index in [2.05, 4.69) is 11.8 Å². The molecule has 0 amide bonds. The van der Waals surface area contributed by atoms with Crippen molar-refractivity contribution >= 4 is 0 Å². The van der Waals surface area contributed by atoms with Gasteiger partial charge < -0.3 is 9.84 Å². The Morgan fingerprint density at radius 2 is 2.18 bits per heavy atom. The molecule has 1 aromatic carbocycles. The zero-order chi connectivity index (χ0) is 12.5. The van der Waals surface area contributed by atoms with Gasteiger partial charge >= 0.3 is 0 Å². The molecule has 0 spiro atoms. The molecule has 0 bridgehead atoms. The van der Waals surface area contributed by atoms with Gasteiger partial charge in [-0.15, -0.1) is 0 Å². The number of hydrogen-bond acceptors (Lipinski definition) is 2. The van der Waals surface area contributed by atoms with Crippen LogP contribution in [0.1, 0.15) is 18.4 Å². The summed E-state index contributed by atoms with van der Waals surface area (Å²) >= 11 is 0. The topological polar surface area (TPSA) is 29.5 Å². The van der Waals surface area contributed by atoms with Gasteiger partial charge in [0.2, 0.25) is 0 Å². The van der Waals surface area contributed by atoms with Gasteiger partial charge in [0.05, 0.1) is 19.9 Å². The van der Waals surface area contributed by atoms with Crippen molar-refractivity contribution in [3.63, 3.8) is 0 Å². The lowest BCUT2D eigenvalue weighted by atomic mass is 10.2. The Bertz CT molecular complexity index is 408. The predicted octanol–water partition coefficient (Wildman–Crippen LogP) is 2.30. The Labute approximate surface area is 99.2 Å². The zero-order valence-electron chi connectivity index (χ0n) is 9.38. The number of halogens is 2. The predicted molar refractivity (Wildman–Crippen MR) is 61.1 cm³/mol. The maximum atomic E-state index is 13.3. The molecule has 2 nitrogen and oxygen atoms in total. The van der Waals surface area contributed by atoms with Crippen molar-refractivity contribution in [3.05, 3.63) is 29.6 Å². The number of alkyl halides is 1. The van der Waals surface area contributed by atoms with E-state index in [1.54, 1.807) is 0 Å². The third kappa shape index (κ3) is 4.83. The monoisotopic (exact) mass is 240 g/mol. The maximum absolute atomic E-state index is 13.3. The second-order valence-corrected chi connectivity index (χ2v) is 3.31. The minimum absolute atomic E-state index is 0.00590. The molecule has 0 atom stereocenters. The highest BCUT2D eigenvalue weighted by molar-refractivity contribution is 5.40. The molecule has 4 heteroatoms. The van der Waals surface area contributed by atoms with Crippen LogP contribution in [-0.2, 0) is 0 Å². The molecule has 0 aliphatic carbocycles. The van der Waals surface area contributed by atoms with Crippen molar-refractivity contribution < 1.29 is 18.6 Å². The molecular weight excluding hydrogens is 226 g/mol. The molecule has 0 aliphatic rings. The first kappa shape index (κ1) is 13.5. The van der Waals surface area contributed by atoms with Crippen molar-refractivity contribution in [2.75, 3.05) is 19.9 Å². The summed E-state index contributed by atoms with van der Waals surface area (Å²) in [6, 6.07) is 4.26. The van der Waals surface area contributed by atoms with Crippen LogP contribution in [0, 0.1) is 17.7 Å². The van der Waals surface area contributed by atoms with Crippen molar-refractivity contribution in [3.8, 4) is 17.6 Å². The summed E-state index contributed by atoms with van der Waals surface area (Å²) in [5, 5.41) is 8.56. The summed E-state index contributed by atoms with van der Waals surface area (Å²) in [7, 11) is 0. The van der Waals surface area contributed by atoms with Gasteiger partial charge in [0.15, 0.2) is 11.6 Å². The highest BCUT2D eigenvalue weighted by Crippen LogP contribution is 2.18. The van der Waals surface area contributed by atoms with E-state index in [0.29, 0.717) is 12.0 Å². The first-order valence-electron chi connectivity index (χ1n) is 5.36. The first-order valence-corrected chi connectivity index (χ1v) is 5.36. The van der Waals surface area contributed by atoms with E-state index in [0.717, 1.165) is 0 Å². The number of rotatable bonds is 5. The molecule has 0 saturated heterocycles. The highest BCUT2D eigenvalue weighted by atomic mass is 19.1. The van der Waals surface area contributed by atoms with Crippen LogP contribution in [0.2, 0.25) is 0 Å². The fourth-order valence-corrected chi connectivity index (χ4v) is 1.15. The molecule has 1 N–H and O–H groups in total. The molecule has 92 valence electrons. The van der Waals surface area contributed by atoms with Gasteiger partial charge in [-0.05, 0) is 18.2 Å². The molecule has 0 saturated carbocycles. The van der Waals surface area contributed by atoms with E-state index in [-0.39, 0.29) is 25.4 Å². The number of ether oxygens (including phenoxy) is 1. The lowest BCUT2D eigenvalue weighted by Crippen LogP contribution is -2.00. The second-order valence-electron chi connectivity index (χ2n) is 3.31. The van der Waals surface area contributed by atoms with Gasteiger partial charge in [-0.1, -0.05) is 11.8 Å². The van der Waals surface area contributed by atoms with E-state index in [4.69, 9.17) is 9.84 Å². The minimum atomic E-state index is -0.489. The minimum Gasteiger partial charge on any atom is -0.490 e. The van der Waals surface area contributed by atoms with Gasteiger partial charge in [-0.25, -0.2) is 4.39 Å². The molecule has 0 heterocycles. The highest BCUT2D eigenvalue weighted by Gasteiger charge is 2.03. The molecular formula is C13H14F2O2. The Balaban J connectivity index is 2.69. The SMILES string of the molecule is OCCC#Cc1ccc(F)c(OCCCF)c1. The largest absolute Gasteiger partial charge is 0.490 e. The normalized spacial score (nSPS) is 9.59. The summed E-state index contributed by atoms with van der Waals surface area (Å²) in [5.74, 6) is 5.09. The standard InChI is InChI=1S/C13H14F2O2/c14-7-3-9-17-13-10-11(4-1-2-8-16)5-6-12(13)15/h5-6,10,16H,2-3,7-9H2. The van der Waals surface area contributed by atoms with Crippen LogP contribution >= 0.6 is 0 Å². The van der Waals surface area contributed by atoms with Crippen LogP contribution in [0.3, 0.4) is 0 Å². The average Bonchev–Trinajstić information content (AvgIpc) is 2.33. The average molecular weight is 240 g/mol. The molecule has 1 aromatic rings. The Kier molecular flexibility index (Phi) is 6.05. The number of benzene rings is 1. The third-order valence-electron chi connectivity index (χ3n) is 1.94. The van der Waals surface area contributed by atoms with Gasteiger partial charge in [0.25, 0.3) is 0 Å². The van der Waals surface area contributed by atoms with E-state index < -0.39 is 12.5 Å². The molecule has 1 rings (SSSR count). The van der Waals surface area contributed by atoms with Gasteiger partial charge in [0, 0.05) is 18.4 Å². The van der Waals surface area contributed by atoms with Gasteiger partial charge in [0.1, 0.15) is 0 Å². The summed E-state index contributed by atoms with van der Waals surface area (Å²) in [5.41, 5.74) is 0.607. The quantitative estimate of drug-likeness (QED) is 0.632. The molecule has 0 fully saturated rings. The second kappa shape index (κ2) is 7.64. The molecule has 0 aliphatic heterocycles. The van der Waals surface area contributed by atoms with Crippen molar-refractivity contribution in [2.45, 2.75) is 12.8 Å². The van der Waals surface area contributed by atoms with Crippen LogP contribution < -0.4 is 4.74 Å². The zero-order valence-corrected chi connectivity index (χ0v) is 9.38. The van der Waals surface area contributed by atoms with Gasteiger partial charge in [-0.2, -0.15) is 0 Å². The summed E-state index contributed by atoms with van der Waals surface area (Å²) in [6.07, 6.45) is 0.606. The summed E-state index contributed by atoms with van der Waals surface area (Å²) in [6.45, 7) is -0.355. The Morgan fingerprint density at radius 3 is 2.88 bits per heavy atom. The van der Waals surface area contributed by atoms with E-state index >= 15 is 0 Å². The lowest BCUT2D eigenvalue weighted by Gasteiger charge is -2.06. The number of aliphatic hydroxyl groups excluding tert-OH is 1. The van der Waals surface area contributed by atoms with E-state index in [9.17, 15) is 8.78 Å². The Hall–Kier alpha value is -1.60. The van der Waals surface area contributed by atoms with Crippen molar-refractivity contribution in [1.82, 2.24) is 0 Å². The van der Waals surface area contributed by atoms with Gasteiger partial charge in [-0.3, -0.25) is 4.39 Å². The van der Waals surface area contributed by atoms with Crippen LogP contribution in [0.15, 0.2) is 18.2 Å². The fourth-order valence-electron chi connectivity index (χ4n) is 1.15. The third-order valence-corrected chi connectivity index (χ3v) is 1.94. The van der Waals surface area contributed by atoms with E-state index in [1.807, 2.05) is 0 Å². The first-order chi connectivity index (χ1) is 8.27. The lowest BCUT2D eigenvalue weighted by molar-refractivity contribution is 0.277. The number of hydrogen-bond donors (Lipinski definition) is 1.